The molecule has 1 aliphatic rings. The maximum atomic E-state index is 13.2. The van der Waals surface area contributed by atoms with Gasteiger partial charge in [-0.1, -0.05) is 78.9 Å². The van der Waals surface area contributed by atoms with Crippen molar-refractivity contribution in [3.63, 3.8) is 0 Å². The maximum absolute atomic E-state index is 13.2. The Morgan fingerprint density at radius 1 is 0.871 bits per heavy atom. The molecule has 0 fully saturated rings. The summed E-state index contributed by atoms with van der Waals surface area (Å²) in [6.07, 6.45) is 1.93. The van der Waals surface area contributed by atoms with Crippen LogP contribution in [0.1, 0.15) is 17.2 Å². The molecule has 2 heterocycles. The van der Waals surface area contributed by atoms with E-state index < -0.39 is 0 Å². The third kappa shape index (κ3) is 2.92. The van der Waals surface area contributed by atoms with Gasteiger partial charge in [0.05, 0.1) is 6.04 Å². The van der Waals surface area contributed by atoms with E-state index in [0.29, 0.717) is 5.82 Å². The predicted molar refractivity (Wildman–Crippen MR) is 124 cm³/mol. The topological polar surface area (TPSA) is 58.4 Å². The van der Waals surface area contributed by atoms with Crippen molar-refractivity contribution < 1.29 is 4.79 Å². The zero-order chi connectivity index (χ0) is 20.8. The smallest absolute Gasteiger partial charge is 0.321 e. The minimum atomic E-state index is -0.262. The molecule has 1 aliphatic carbocycles. The number of nitrogens with one attached hydrogen (secondary N) is 2. The number of anilines is 1. The van der Waals surface area contributed by atoms with E-state index in [4.69, 9.17) is 4.98 Å². The molecule has 0 saturated carbocycles. The summed E-state index contributed by atoms with van der Waals surface area (Å²) in [4.78, 5) is 18.8. The average Bonchev–Trinajstić information content (AvgIpc) is 3.49. The summed E-state index contributed by atoms with van der Waals surface area (Å²) >= 11 is 1.54. The van der Waals surface area contributed by atoms with Gasteiger partial charge in [0.1, 0.15) is 11.5 Å². The molecule has 2 N–H and O–H groups in total. The summed E-state index contributed by atoms with van der Waals surface area (Å²) in [5.41, 5.74) is 6.27. The Balaban J connectivity index is 1.35. The highest BCUT2D eigenvalue weighted by molar-refractivity contribution is 7.15. The van der Waals surface area contributed by atoms with Crippen molar-refractivity contribution in [2.75, 3.05) is 5.32 Å². The lowest BCUT2D eigenvalue weighted by Crippen LogP contribution is -2.32. The fourth-order valence-corrected chi connectivity index (χ4v) is 5.00. The molecule has 2 amide bonds. The first-order valence-corrected chi connectivity index (χ1v) is 10.9. The molecule has 0 unspecified atom stereocenters. The number of thiazole rings is 1. The van der Waals surface area contributed by atoms with Crippen molar-refractivity contribution in [2.24, 2.45) is 0 Å². The molecule has 2 aromatic heterocycles. The van der Waals surface area contributed by atoms with Crippen LogP contribution < -0.4 is 10.6 Å². The summed E-state index contributed by atoms with van der Waals surface area (Å²) in [5, 5.41) is 8.20. The number of carbonyl (C=O) groups is 1. The molecule has 3 aromatic carbocycles. The molecule has 5 nitrogen and oxygen atoms in total. The standard InChI is InChI=1S/C25H18N4OS/c30-24(26-22-19-12-6-4-10-17(19)18-11-5-7-13-20(18)22)28-23-21(16-8-2-1-3-9-16)27-25-29(23)14-15-31-25/h1-15,22H,(H2,26,28,30). The van der Waals surface area contributed by atoms with E-state index in [1.165, 1.54) is 11.3 Å². The largest absolute Gasteiger partial charge is 0.327 e. The van der Waals surface area contributed by atoms with Crippen molar-refractivity contribution in [3.05, 3.63) is 102 Å². The molecule has 6 heteroatoms. The number of benzene rings is 3. The number of rotatable bonds is 3. The van der Waals surface area contributed by atoms with Crippen LogP contribution in [0, 0.1) is 0 Å². The van der Waals surface area contributed by atoms with Gasteiger partial charge < -0.3 is 5.32 Å². The Kier molecular flexibility index (Phi) is 4.11. The number of imidazole rings is 1. The second kappa shape index (κ2) is 7.11. The number of nitrogens with zero attached hydrogens (tertiary/aromatic N) is 2. The molecule has 6 rings (SSSR count). The van der Waals surface area contributed by atoms with Gasteiger partial charge in [-0.3, -0.25) is 9.72 Å². The van der Waals surface area contributed by atoms with Crippen LogP contribution in [0.4, 0.5) is 10.6 Å². The lowest BCUT2D eigenvalue weighted by atomic mass is 10.1. The van der Waals surface area contributed by atoms with E-state index in [1.54, 1.807) is 0 Å². The van der Waals surface area contributed by atoms with E-state index in [2.05, 4.69) is 34.9 Å². The number of fused-ring (bicyclic) bond motifs is 4. The molecule has 0 bridgehead atoms. The zero-order valence-electron chi connectivity index (χ0n) is 16.4. The highest BCUT2D eigenvalue weighted by Crippen LogP contribution is 2.43. The third-order valence-corrected chi connectivity index (χ3v) is 6.41. The second-order valence-corrected chi connectivity index (χ2v) is 8.31. The predicted octanol–water partition coefficient (Wildman–Crippen LogP) is 5.95. The van der Waals surface area contributed by atoms with E-state index in [9.17, 15) is 4.79 Å². The molecular weight excluding hydrogens is 404 g/mol. The quantitative estimate of drug-likeness (QED) is 0.377. The minimum Gasteiger partial charge on any atom is -0.327 e. The molecule has 0 spiro atoms. The van der Waals surface area contributed by atoms with Crippen LogP contribution in [0.3, 0.4) is 0 Å². The highest BCUT2D eigenvalue weighted by atomic mass is 32.1. The normalized spacial score (nSPS) is 12.5. The fourth-order valence-electron chi connectivity index (χ4n) is 4.29. The maximum Gasteiger partial charge on any atom is 0.321 e. The Labute approximate surface area is 183 Å². The number of hydrogen-bond donors (Lipinski definition) is 2. The van der Waals surface area contributed by atoms with Gasteiger partial charge in [-0.25, -0.2) is 9.78 Å². The first-order valence-electron chi connectivity index (χ1n) is 10.1. The van der Waals surface area contributed by atoms with Crippen LogP contribution in [0.25, 0.3) is 27.3 Å². The molecule has 0 aliphatic heterocycles. The van der Waals surface area contributed by atoms with Crippen molar-refractivity contribution >= 4 is 28.1 Å². The number of urea groups is 1. The molecule has 0 saturated heterocycles. The minimum absolute atomic E-state index is 0.196. The Morgan fingerprint density at radius 3 is 2.23 bits per heavy atom. The van der Waals surface area contributed by atoms with Crippen LogP contribution in [-0.2, 0) is 0 Å². The third-order valence-electron chi connectivity index (χ3n) is 5.65. The van der Waals surface area contributed by atoms with Crippen molar-refractivity contribution in [2.45, 2.75) is 6.04 Å². The average molecular weight is 423 g/mol. The van der Waals surface area contributed by atoms with Crippen molar-refractivity contribution in [3.8, 4) is 22.4 Å². The molecule has 0 atom stereocenters. The van der Waals surface area contributed by atoms with Crippen LogP contribution in [0.15, 0.2) is 90.4 Å². The number of amides is 2. The van der Waals surface area contributed by atoms with Crippen LogP contribution in [0.5, 0.6) is 0 Å². The summed E-state index contributed by atoms with van der Waals surface area (Å²) in [7, 11) is 0. The van der Waals surface area contributed by atoms with Crippen LogP contribution in [0.2, 0.25) is 0 Å². The molecule has 31 heavy (non-hydrogen) atoms. The van der Waals surface area contributed by atoms with E-state index >= 15 is 0 Å². The van der Waals surface area contributed by atoms with Gasteiger partial charge in [-0.05, 0) is 22.3 Å². The Morgan fingerprint density at radius 2 is 1.52 bits per heavy atom. The van der Waals surface area contributed by atoms with Crippen molar-refractivity contribution in [1.29, 1.82) is 0 Å². The lowest BCUT2D eigenvalue weighted by Gasteiger charge is -2.17. The monoisotopic (exact) mass is 422 g/mol. The Hall–Kier alpha value is -3.90. The van der Waals surface area contributed by atoms with E-state index in [0.717, 1.165) is 38.5 Å². The summed E-state index contributed by atoms with van der Waals surface area (Å²) < 4.78 is 1.92. The van der Waals surface area contributed by atoms with E-state index in [1.807, 2.05) is 70.6 Å². The fraction of sp³-hybridized carbons (Fsp3) is 0.0400. The number of carbonyl (C=O) groups excluding carboxylic acids is 1. The summed E-state index contributed by atoms with van der Waals surface area (Å²) in [5.74, 6) is 0.666. The van der Waals surface area contributed by atoms with Crippen LogP contribution in [-0.4, -0.2) is 15.4 Å². The molecule has 150 valence electrons. The lowest BCUT2D eigenvalue weighted by molar-refractivity contribution is 0.250. The van der Waals surface area contributed by atoms with E-state index in [-0.39, 0.29) is 12.1 Å². The van der Waals surface area contributed by atoms with Gasteiger partial charge in [-0.15, -0.1) is 11.3 Å². The zero-order valence-corrected chi connectivity index (χ0v) is 17.3. The SMILES string of the molecule is O=C(Nc1c(-c2ccccc2)nc2sccn12)NC1c2ccccc2-c2ccccc21. The van der Waals surface area contributed by atoms with Crippen molar-refractivity contribution in [1.82, 2.24) is 14.7 Å². The second-order valence-electron chi connectivity index (χ2n) is 7.44. The highest BCUT2D eigenvalue weighted by Gasteiger charge is 2.29. The van der Waals surface area contributed by atoms with Gasteiger partial charge in [0.25, 0.3) is 0 Å². The van der Waals surface area contributed by atoms with Gasteiger partial charge >= 0.3 is 6.03 Å². The molecule has 5 aromatic rings. The first-order chi connectivity index (χ1) is 15.3. The summed E-state index contributed by atoms with van der Waals surface area (Å²) in [6.45, 7) is 0. The number of aromatic nitrogens is 2. The van der Waals surface area contributed by atoms with Gasteiger partial charge in [0, 0.05) is 17.1 Å². The van der Waals surface area contributed by atoms with Gasteiger partial charge in [0.2, 0.25) is 0 Å². The Bertz CT molecular complexity index is 1370. The molecule has 0 radical (unpaired) electrons. The van der Waals surface area contributed by atoms with Crippen LogP contribution >= 0.6 is 11.3 Å². The van der Waals surface area contributed by atoms with Gasteiger partial charge in [0.15, 0.2) is 4.96 Å². The first kappa shape index (κ1) is 17.9. The number of hydrogen-bond acceptors (Lipinski definition) is 3. The van der Waals surface area contributed by atoms with Gasteiger partial charge in [-0.2, -0.15) is 0 Å². The summed E-state index contributed by atoms with van der Waals surface area (Å²) in [6, 6.07) is 25.9. The molecular formula is C25H18N4OS.